The standard InChI is InChI=1S/C24H19NO3S/c1-3-18-12-14-21(15-13-18)29(26,27)28-25-17(2)24-22-10-6-4-8-19(22)16-20-9-5-7-11-23(20)24/h3-16H,1H2,2H3. The van der Waals surface area contributed by atoms with Crippen LogP contribution in [0.3, 0.4) is 0 Å². The van der Waals surface area contributed by atoms with Gasteiger partial charge < -0.3 is 0 Å². The quantitative estimate of drug-likeness (QED) is 0.242. The van der Waals surface area contributed by atoms with Crippen LogP contribution in [-0.2, 0) is 14.4 Å². The van der Waals surface area contributed by atoms with Gasteiger partial charge in [0.2, 0.25) is 0 Å². The highest BCUT2D eigenvalue weighted by atomic mass is 32.2. The first-order valence-electron chi connectivity index (χ1n) is 9.11. The van der Waals surface area contributed by atoms with Crippen molar-refractivity contribution in [3.05, 3.63) is 96.6 Å². The average Bonchev–Trinajstić information content (AvgIpc) is 2.76. The number of rotatable bonds is 5. The highest BCUT2D eigenvalue weighted by Gasteiger charge is 2.17. The molecule has 4 aromatic carbocycles. The van der Waals surface area contributed by atoms with Crippen molar-refractivity contribution in [2.24, 2.45) is 5.16 Å². The van der Waals surface area contributed by atoms with Crippen molar-refractivity contribution in [3.8, 4) is 0 Å². The van der Waals surface area contributed by atoms with Gasteiger partial charge in [0.15, 0.2) is 0 Å². The lowest BCUT2D eigenvalue weighted by atomic mass is 9.94. The molecule has 0 spiro atoms. The van der Waals surface area contributed by atoms with E-state index in [2.05, 4.69) is 17.8 Å². The number of nitrogens with zero attached hydrogens (tertiary/aromatic N) is 1. The van der Waals surface area contributed by atoms with E-state index < -0.39 is 10.1 Å². The summed E-state index contributed by atoms with van der Waals surface area (Å²) in [5.41, 5.74) is 2.17. The predicted molar refractivity (Wildman–Crippen MR) is 118 cm³/mol. The molecule has 0 unspecified atom stereocenters. The molecule has 0 atom stereocenters. The molecule has 0 aliphatic carbocycles. The lowest BCUT2D eigenvalue weighted by molar-refractivity contribution is 0.339. The largest absolute Gasteiger partial charge is 0.358 e. The van der Waals surface area contributed by atoms with Crippen molar-refractivity contribution in [2.75, 3.05) is 0 Å². The van der Waals surface area contributed by atoms with E-state index in [9.17, 15) is 8.42 Å². The Hall–Kier alpha value is -3.44. The molecule has 0 fully saturated rings. The van der Waals surface area contributed by atoms with Gasteiger partial charge in [-0.2, -0.15) is 8.42 Å². The van der Waals surface area contributed by atoms with Crippen LogP contribution in [0.1, 0.15) is 18.1 Å². The number of fused-ring (bicyclic) bond motifs is 2. The average molecular weight is 401 g/mol. The van der Waals surface area contributed by atoms with Crippen LogP contribution < -0.4 is 0 Å². The summed E-state index contributed by atoms with van der Waals surface area (Å²) >= 11 is 0. The molecule has 4 aromatic rings. The molecule has 0 heterocycles. The minimum Gasteiger partial charge on any atom is -0.265 e. The number of hydrogen-bond acceptors (Lipinski definition) is 4. The molecule has 0 aromatic heterocycles. The summed E-state index contributed by atoms with van der Waals surface area (Å²) in [4.78, 5) is 0.0439. The van der Waals surface area contributed by atoms with Gasteiger partial charge >= 0.3 is 10.1 Å². The Bertz CT molecular complexity index is 1300. The van der Waals surface area contributed by atoms with Gasteiger partial charge in [0, 0.05) is 5.56 Å². The number of oxime groups is 1. The SMILES string of the molecule is C=Cc1ccc(S(=O)(=O)ON=C(C)c2c3ccccc3cc3ccccc23)cc1. The van der Waals surface area contributed by atoms with E-state index in [1.165, 1.54) is 12.1 Å². The molecule has 0 saturated heterocycles. The van der Waals surface area contributed by atoms with Crippen LogP contribution >= 0.6 is 0 Å². The van der Waals surface area contributed by atoms with E-state index in [4.69, 9.17) is 4.28 Å². The highest BCUT2D eigenvalue weighted by Crippen LogP contribution is 2.29. The maximum absolute atomic E-state index is 12.5. The normalized spacial score (nSPS) is 12.2. The molecule has 0 saturated carbocycles. The van der Waals surface area contributed by atoms with Gasteiger partial charge in [-0.3, -0.25) is 4.28 Å². The van der Waals surface area contributed by atoms with Crippen molar-refractivity contribution in [1.82, 2.24) is 0 Å². The topological polar surface area (TPSA) is 55.7 Å². The van der Waals surface area contributed by atoms with Gasteiger partial charge in [-0.1, -0.05) is 78.5 Å². The van der Waals surface area contributed by atoms with Crippen molar-refractivity contribution in [3.63, 3.8) is 0 Å². The lowest BCUT2D eigenvalue weighted by Crippen LogP contribution is -2.06. The van der Waals surface area contributed by atoms with Crippen LogP contribution in [0.5, 0.6) is 0 Å². The summed E-state index contributed by atoms with van der Waals surface area (Å²) in [7, 11) is -4.02. The molecule has 4 rings (SSSR count). The van der Waals surface area contributed by atoms with E-state index in [0.717, 1.165) is 32.7 Å². The Balaban J connectivity index is 1.78. The third-order valence-corrected chi connectivity index (χ3v) is 5.93. The summed E-state index contributed by atoms with van der Waals surface area (Å²) < 4.78 is 30.1. The molecular weight excluding hydrogens is 382 g/mol. The van der Waals surface area contributed by atoms with Crippen molar-refractivity contribution >= 4 is 43.5 Å². The third-order valence-electron chi connectivity index (χ3n) is 4.81. The molecule has 0 aliphatic heterocycles. The maximum Gasteiger partial charge on any atom is 0.358 e. The fraction of sp³-hybridized carbons (Fsp3) is 0.0417. The lowest BCUT2D eigenvalue weighted by Gasteiger charge is -2.11. The maximum atomic E-state index is 12.5. The Morgan fingerprint density at radius 2 is 1.45 bits per heavy atom. The summed E-state index contributed by atoms with van der Waals surface area (Å²) in [6.07, 6.45) is 1.64. The number of benzene rings is 4. The Morgan fingerprint density at radius 1 is 0.897 bits per heavy atom. The predicted octanol–water partition coefficient (Wildman–Crippen LogP) is 5.77. The van der Waals surface area contributed by atoms with Crippen LogP contribution in [0.25, 0.3) is 27.6 Å². The van der Waals surface area contributed by atoms with Crippen molar-refractivity contribution < 1.29 is 12.7 Å². The Kier molecular flexibility index (Phi) is 4.91. The van der Waals surface area contributed by atoms with Gasteiger partial charge in [-0.25, -0.2) is 0 Å². The van der Waals surface area contributed by atoms with Crippen molar-refractivity contribution in [2.45, 2.75) is 11.8 Å². The summed E-state index contributed by atoms with van der Waals surface area (Å²) in [5.74, 6) is 0. The zero-order valence-electron chi connectivity index (χ0n) is 15.9. The monoisotopic (exact) mass is 401 g/mol. The molecule has 144 valence electrons. The van der Waals surface area contributed by atoms with Crippen LogP contribution in [0.15, 0.2) is 95.5 Å². The van der Waals surface area contributed by atoms with Gasteiger partial charge in [-0.15, -0.1) is 0 Å². The number of hydrogen-bond donors (Lipinski definition) is 0. The van der Waals surface area contributed by atoms with Crippen LogP contribution in [0.2, 0.25) is 0 Å². The molecule has 5 heteroatoms. The van der Waals surface area contributed by atoms with Gasteiger partial charge in [0.1, 0.15) is 4.90 Å². The van der Waals surface area contributed by atoms with Gasteiger partial charge in [-0.05, 0) is 52.2 Å². The van der Waals surface area contributed by atoms with Crippen LogP contribution in [-0.4, -0.2) is 14.1 Å². The van der Waals surface area contributed by atoms with E-state index >= 15 is 0 Å². The Labute approximate surface area is 169 Å². The molecule has 0 aliphatic rings. The van der Waals surface area contributed by atoms with E-state index in [0.29, 0.717) is 5.71 Å². The van der Waals surface area contributed by atoms with E-state index in [1.54, 1.807) is 25.1 Å². The minimum atomic E-state index is -4.02. The van der Waals surface area contributed by atoms with Gasteiger partial charge in [0.05, 0.1) is 5.71 Å². The Morgan fingerprint density at radius 3 is 2.00 bits per heavy atom. The molecule has 0 radical (unpaired) electrons. The second-order valence-electron chi connectivity index (χ2n) is 6.67. The summed E-state index contributed by atoms with van der Waals surface area (Å²) in [5, 5.41) is 8.08. The highest BCUT2D eigenvalue weighted by molar-refractivity contribution is 7.86. The molecule has 29 heavy (non-hydrogen) atoms. The summed E-state index contributed by atoms with van der Waals surface area (Å²) in [6.45, 7) is 5.42. The zero-order chi connectivity index (χ0) is 20.4. The van der Waals surface area contributed by atoms with Gasteiger partial charge in [0.25, 0.3) is 0 Å². The smallest absolute Gasteiger partial charge is 0.265 e. The molecule has 0 bridgehead atoms. The zero-order valence-corrected chi connectivity index (χ0v) is 16.7. The second-order valence-corrected chi connectivity index (χ2v) is 8.20. The first-order valence-corrected chi connectivity index (χ1v) is 10.5. The first-order chi connectivity index (χ1) is 14.0. The minimum absolute atomic E-state index is 0.0439. The first kappa shape index (κ1) is 18.9. The van der Waals surface area contributed by atoms with E-state index in [1.807, 2.05) is 48.5 Å². The van der Waals surface area contributed by atoms with Crippen LogP contribution in [0.4, 0.5) is 0 Å². The molecule has 0 N–H and O–H groups in total. The summed E-state index contributed by atoms with van der Waals surface area (Å²) in [6, 6.07) is 24.3. The second kappa shape index (κ2) is 7.53. The molecular formula is C24H19NO3S. The van der Waals surface area contributed by atoms with Crippen molar-refractivity contribution in [1.29, 1.82) is 0 Å². The molecule has 0 amide bonds. The van der Waals surface area contributed by atoms with Crippen LogP contribution in [0, 0.1) is 0 Å². The third kappa shape index (κ3) is 3.65. The molecule has 4 nitrogen and oxygen atoms in total. The van der Waals surface area contributed by atoms with E-state index in [-0.39, 0.29) is 4.90 Å². The fourth-order valence-corrected chi connectivity index (χ4v) is 4.13. The fourth-order valence-electron chi connectivity index (χ4n) is 3.37.